The van der Waals surface area contributed by atoms with E-state index in [0.29, 0.717) is 10.0 Å². The first kappa shape index (κ1) is 11.6. The highest BCUT2D eigenvalue weighted by Gasteiger charge is 2.08. The summed E-state index contributed by atoms with van der Waals surface area (Å²) in [5, 5.41) is 1.38. The van der Waals surface area contributed by atoms with Gasteiger partial charge < -0.3 is 4.98 Å². The van der Waals surface area contributed by atoms with Gasteiger partial charge in [-0.15, -0.1) is 0 Å². The van der Waals surface area contributed by atoms with E-state index in [9.17, 15) is 0 Å². The van der Waals surface area contributed by atoms with E-state index in [1.165, 1.54) is 0 Å². The quantitative estimate of drug-likeness (QED) is 0.677. The van der Waals surface area contributed by atoms with Crippen LogP contribution in [0.5, 0.6) is 0 Å². The van der Waals surface area contributed by atoms with Crippen molar-refractivity contribution in [1.82, 2.24) is 9.97 Å². The molecule has 4 heteroatoms. The van der Waals surface area contributed by atoms with Crippen molar-refractivity contribution < 1.29 is 0 Å². The standard InChI is InChI=1S/C14H10Cl2N2/c1-8-6-11(16)13-12(7-8)17-14(18-13)9-2-4-10(15)5-3-9/h2-7H,1H3,(H,17,18). The number of aryl methyl sites for hydroxylation is 1. The minimum Gasteiger partial charge on any atom is -0.338 e. The number of aromatic nitrogens is 2. The first-order valence-electron chi connectivity index (χ1n) is 5.55. The average Bonchev–Trinajstić information content (AvgIpc) is 2.74. The normalized spacial score (nSPS) is 11.1. The van der Waals surface area contributed by atoms with Gasteiger partial charge in [0.2, 0.25) is 0 Å². The summed E-state index contributed by atoms with van der Waals surface area (Å²) < 4.78 is 0. The second-order valence-electron chi connectivity index (χ2n) is 4.24. The molecule has 1 N–H and O–H groups in total. The Labute approximate surface area is 115 Å². The van der Waals surface area contributed by atoms with Crippen LogP contribution in [0, 0.1) is 6.92 Å². The van der Waals surface area contributed by atoms with E-state index in [-0.39, 0.29) is 0 Å². The van der Waals surface area contributed by atoms with Gasteiger partial charge in [-0.3, -0.25) is 0 Å². The van der Waals surface area contributed by atoms with Gasteiger partial charge in [0.1, 0.15) is 11.3 Å². The van der Waals surface area contributed by atoms with Crippen molar-refractivity contribution in [1.29, 1.82) is 0 Å². The zero-order chi connectivity index (χ0) is 12.7. The summed E-state index contributed by atoms with van der Waals surface area (Å²) in [6.07, 6.45) is 0. The van der Waals surface area contributed by atoms with Crippen LogP contribution in [0.2, 0.25) is 10.0 Å². The van der Waals surface area contributed by atoms with Crippen LogP contribution in [0.4, 0.5) is 0 Å². The zero-order valence-corrected chi connectivity index (χ0v) is 11.2. The minimum absolute atomic E-state index is 0.668. The highest BCUT2D eigenvalue weighted by atomic mass is 35.5. The highest BCUT2D eigenvalue weighted by Crippen LogP contribution is 2.27. The molecule has 0 unspecified atom stereocenters. The van der Waals surface area contributed by atoms with Gasteiger partial charge in [0.15, 0.2) is 0 Å². The number of fused-ring (bicyclic) bond motifs is 1. The Balaban J connectivity index is 2.19. The van der Waals surface area contributed by atoms with Crippen LogP contribution in [0.1, 0.15) is 5.56 Å². The maximum atomic E-state index is 6.18. The van der Waals surface area contributed by atoms with Gasteiger partial charge in [-0.25, -0.2) is 4.98 Å². The second kappa shape index (κ2) is 4.30. The number of nitrogens with one attached hydrogen (secondary N) is 1. The van der Waals surface area contributed by atoms with Crippen LogP contribution in [0.15, 0.2) is 36.4 Å². The van der Waals surface area contributed by atoms with Crippen LogP contribution >= 0.6 is 23.2 Å². The molecule has 0 aliphatic rings. The van der Waals surface area contributed by atoms with Crippen LogP contribution in [0.3, 0.4) is 0 Å². The van der Waals surface area contributed by atoms with Crippen molar-refractivity contribution in [2.45, 2.75) is 6.92 Å². The number of nitrogens with zero attached hydrogens (tertiary/aromatic N) is 1. The van der Waals surface area contributed by atoms with E-state index >= 15 is 0 Å². The molecule has 0 atom stereocenters. The van der Waals surface area contributed by atoms with Crippen LogP contribution in [0.25, 0.3) is 22.4 Å². The number of aromatic amines is 1. The number of halogens is 2. The molecule has 0 spiro atoms. The fourth-order valence-corrected chi connectivity index (χ4v) is 2.40. The summed E-state index contributed by atoms with van der Waals surface area (Å²) in [5.41, 5.74) is 3.85. The van der Waals surface area contributed by atoms with Gasteiger partial charge in [-0.05, 0) is 48.9 Å². The summed E-state index contributed by atoms with van der Waals surface area (Å²) in [4.78, 5) is 7.80. The molecular formula is C14H10Cl2N2. The van der Waals surface area contributed by atoms with Crippen LogP contribution < -0.4 is 0 Å². The van der Waals surface area contributed by atoms with Gasteiger partial charge in [0.05, 0.1) is 10.5 Å². The predicted molar refractivity (Wildman–Crippen MR) is 76.3 cm³/mol. The first-order valence-corrected chi connectivity index (χ1v) is 6.31. The van der Waals surface area contributed by atoms with E-state index < -0.39 is 0 Å². The summed E-state index contributed by atoms with van der Waals surface area (Å²) in [7, 11) is 0. The molecule has 0 saturated heterocycles. The molecule has 90 valence electrons. The van der Waals surface area contributed by atoms with E-state index in [0.717, 1.165) is 28.0 Å². The number of benzene rings is 2. The maximum absolute atomic E-state index is 6.18. The molecule has 3 aromatic rings. The summed E-state index contributed by atoms with van der Waals surface area (Å²) >= 11 is 12.1. The molecule has 0 aliphatic heterocycles. The van der Waals surface area contributed by atoms with Crippen molar-refractivity contribution in [3.63, 3.8) is 0 Å². The van der Waals surface area contributed by atoms with Crippen molar-refractivity contribution in [3.8, 4) is 11.4 Å². The molecule has 0 radical (unpaired) electrons. The Morgan fingerprint density at radius 2 is 1.78 bits per heavy atom. The Hall–Kier alpha value is -1.51. The van der Waals surface area contributed by atoms with Crippen molar-refractivity contribution in [2.24, 2.45) is 0 Å². The minimum atomic E-state index is 0.668. The van der Waals surface area contributed by atoms with E-state index in [1.807, 2.05) is 43.3 Å². The average molecular weight is 277 g/mol. The molecule has 0 bridgehead atoms. The summed E-state index contributed by atoms with van der Waals surface area (Å²) in [6.45, 7) is 2.01. The fraction of sp³-hybridized carbons (Fsp3) is 0.0714. The fourth-order valence-electron chi connectivity index (χ4n) is 1.96. The van der Waals surface area contributed by atoms with Crippen molar-refractivity contribution in [2.75, 3.05) is 0 Å². The monoisotopic (exact) mass is 276 g/mol. The summed E-state index contributed by atoms with van der Waals surface area (Å²) in [6, 6.07) is 11.5. The molecule has 0 fully saturated rings. The van der Waals surface area contributed by atoms with Gasteiger partial charge in [-0.2, -0.15) is 0 Å². The van der Waals surface area contributed by atoms with E-state index in [2.05, 4.69) is 9.97 Å². The van der Waals surface area contributed by atoms with Gasteiger partial charge in [-0.1, -0.05) is 23.2 Å². The topological polar surface area (TPSA) is 28.7 Å². The number of hydrogen-bond acceptors (Lipinski definition) is 1. The highest BCUT2D eigenvalue weighted by molar-refractivity contribution is 6.35. The molecule has 18 heavy (non-hydrogen) atoms. The Bertz CT molecular complexity index is 714. The molecule has 0 aliphatic carbocycles. The van der Waals surface area contributed by atoms with Crippen LogP contribution in [-0.2, 0) is 0 Å². The summed E-state index contributed by atoms with van der Waals surface area (Å²) in [5.74, 6) is 0.800. The molecule has 1 heterocycles. The first-order chi connectivity index (χ1) is 8.63. The SMILES string of the molecule is Cc1cc(Cl)c2nc(-c3ccc(Cl)cc3)[nH]c2c1. The molecule has 2 nitrogen and oxygen atoms in total. The Kier molecular flexibility index (Phi) is 2.77. The van der Waals surface area contributed by atoms with Gasteiger partial charge in [0.25, 0.3) is 0 Å². The second-order valence-corrected chi connectivity index (χ2v) is 5.08. The molecule has 0 saturated carbocycles. The smallest absolute Gasteiger partial charge is 0.138 e. The maximum Gasteiger partial charge on any atom is 0.138 e. The number of H-pyrrole nitrogens is 1. The van der Waals surface area contributed by atoms with Crippen LogP contribution in [-0.4, -0.2) is 9.97 Å². The lowest BCUT2D eigenvalue weighted by molar-refractivity contribution is 1.34. The Morgan fingerprint density at radius 1 is 1.06 bits per heavy atom. The lowest BCUT2D eigenvalue weighted by Gasteiger charge is -1.95. The van der Waals surface area contributed by atoms with E-state index in [1.54, 1.807) is 0 Å². The van der Waals surface area contributed by atoms with Crippen molar-refractivity contribution >= 4 is 34.2 Å². The third-order valence-corrected chi connectivity index (χ3v) is 3.34. The lowest BCUT2D eigenvalue weighted by Crippen LogP contribution is -1.78. The zero-order valence-electron chi connectivity index (χ0n) is 9.67. The molecule has 0 amide bonds. The predicted octanol–water partition coefficient (Wildman–Crippen LogP) is 4.85. The molecule has 1 aromatic heterocycles. The van der Waals surface area contributed by atoms with Crippen molar-refractivity contribution in [3.05, 3.63) is 52.0 Å². The van der Waals surface area contributed by atoms with Gasteiger partial charge >= 0.3 is 0 Å². The van der Waals surface area contributed by atoms with E-state index in [4.69, 9.17) is 23.2 Å². The number of imidazole rings is 1. The third kappa shape index (κ3) is 1.98. The number of hydrogen-bond donors (Lipinski definition) is 1. The number of rotatable bonds is 1. The van der Waals surface area contributed by atoms with Gasteiger partial charge in [0, 0.05) is 10.6 Å². The Morgan fingerprint density at radius 3 is 2.50 bits per heavy atom. The molecular weight excluding hydrogens is 267 g/mol. The third-order valence-electron chi connectivity index (χ3n) is 2.80. The molecule has 3 rings (SSSR count). The molecule has 2 aromatic carbocycles. The lowest BCUT2D eigenvalue weighted by atomic mass is 10.2. The largest absolute Gasteiger partial charge is 0.338 e.